The molecule has 2 rings (SSSR count). The standard InChI is InChI=1S/C17H34O4Si/c1-16(2,3)22(4,5)19-13-15-9-7-11-17(21-15)10-6-8-14(12-18)20-17/h14-15,18H,6-13H2,1-5H3/t14-,15?,17?/m1/s1. The highest BCUT2D eigenvalue weighted by Gasteiger charge is 2.43. The van der Waals surface area contributed by atoms with E-state index in [1.165, 1.54) is 0 Å². The summed E-state index contributed by atoms with van der Waals surface area (Å²) in [5.41, 5.74) is 0. The van der Waals surface area contributed by atoms with Crippen LogP contribution >= 0.6 is 0 Å². The Balaban J connectivity index is 1.91. The van der Waals surface area contributed by atoms with Gasteiger partial charge in [-0.25, -0.2) is 0 Å². The molecule has 1 spiro atoms. The number of hydrogen-bond acceptors (Lipinski definition) is 4. The summed E-state index contributed by atoms with van der Waals surface area (Å²) >= 11 is 0. The van der Waals surface area contributed by atoms with Gasteiger partial charge in [0.05, 0.1) is 25.4 Å². The van der Waals surface area contributed by atoms with E-state index in [0.717, 1.165) is 38.5 Å². The lowest BCUT2D eigenvalue weighted by atomic mass is 9.93. The second-order valence-electron chi connectivity index (χ2n) is 8.43. The molecule has 2 unspecified atom stereocenters. The van der Waals surface area contributed by atoms with Gasteiger partial charge in [-0.2, -0.15) is 0 Å². The van der Waals surface area contributed by atoms with E-state index in [0.29, 0.717) is 6.61 Å². The predicted molar refractivity (Wildman–Crippen MR) is 90.4 cm³/mol. The van der Waals surface area contributed by atoms with Crippen molar-refractivity contribution in [2.24, 2.45) is 0 Å². The minimum Gasteiger partial charge on any atom is -0.414 e. The quantitative estimate of drug-likeness (QED) is 0.796. The van der Waals surface area contributed by atoms with Crippen LogP contribution in [0.15, 0.2) is 0 Å². The van der Waals surface area contributed by atoms with E-state index in [-0.39, 0.29) is 23.9 Å². The van der Waals surface area contributed by atoms with E-state index in [1.54, 1.807) is 0 Å². The maximum atomic E-state index is 9.37. The molecule has 0 bridgehead atoms. The summed E-state index contributed by atoms with van der Waals surface area (Å²) in [7, 11) is -1.73. The van der Waals surface area contributed by atoms with Crippen molar-refractivity contribution in [1.29, 1.82) is 0 Å². The van der Waals surface area contributed by atoms with Crippen LogP contribution in [0.4, 0.5) is 0 Å². The molecule has 0 radical (unpaired) electrons. The fraction of sp³-hybridized carbons (Fsp3) is 1.00. The van der Waals surface area contributed by atoms with Crippen LogP contribution in [0.25, 0.3) is 0 Å². The van der Waals surface area contributed by atoms with E-state index in [1.807, 2.05) is 0 Å². The predicted octanol–water partition coefficient (Wildman–Crippen LogP) is 3.84. The molecule has 2 saturated heterocycles. The largest absolute Gasteiger partial charge is 0.414 e. The third-order valence-corrected chi connectivity index (χ3v) is 10.1. The van der Waals surface area contributed by atoms with Crippen LogP contribution in [0, 0.1) is 0 Å². The minimum absolute atomic E-state index is 0.0613. The van der Waals surface area contributed by atoms with Crippen molar-refractivity contribution >= 4 is 8.32 Å². The van der Waals surface area contributed by atoms with Crippen LogP contribution < -0.4 is 0 Å². The van der Waals surface area contributed by atoms with Gasteiger partial charge < -0.3 is 19.0 Å². The molecule has 0 aromatic carbocycles. The first-order chi connectivity index (χ1) is 10.2. The Morgan fingerprint density at radius 3 is 2.18 bits per heavy atom. The summed E-state index contributed by atoms with van der Waals surface area (Å²) in [6.45, 7) is 12.1. The molecule has 0 aliphatic carbocycles. The van der Waals surface area contributed by atoms with Crippen molar-refractivity contribution in [3.05, 3.63) is 0 Å². The molecule has 1 N–H and O–H groups in total. The average molecular weight is 331 g/mol. The second-order valence-corrected chi connectivity index (χ2v) is 13.2. The van der Waals surface area contributed by atoms with E-state index in [9.17, 15) is 5.11 Å². The molecule has 2 heterocycles. The lowest BCUT2D eigenvalue weighted by molar-refractivity contribution is -0.320. The Morgan fingerprint density at radius 1 is 1.09 bits per heavy atom. The van der Waals surface area contributed by atoms with Gasteiger partial charge in [0.2, 0.25) is 0 Å². The van der Waals surface area contributed by atoms with Gasteiger partial charge in [0, 0.05) is 12.8 Å². The Morgan fingerprint density at radius 2 is 1.64 bits per heavy atom. The number of rotatable bonds is 4. The van der Waals surface area contributed by atoms with Crippen molar-refractivity contribution in [3.8, 4) is 0 Å². The summed E-state index contributed by atoms with van der Waals surface area (Å²) < 4.78 is 18.7. The molecule has 2 aliphatic rings. The number of hydrogen-bond donors (Lipinski definition) is 1. The molecule has 0 saturated carbocycles. The molecule has 0 aromatic rings. The van der Waals surface area contributed by atoms with Gasteiger partial charge in [-0.15, -0.1) is 0 Å². The Labute approximate surface area is 136 Å². The molecule has 0 aromatic heterocycles. The molecular weight excluding hydrogens is 296 g/mol. The maximum absolute atomic E-state index is 9.37. The van der Waals surface area contributed by atoms with Gasteiger partial charge in [-0.05, 0) is 43.8 Å². The van der Waals surface area contributed by atoms with Crippen molar-refractivity contribution < 1.29 is 19.0 Å². The SMILES string of the molecule is CC(C)(C)[Si](C)(C)OCC1CCCC2(CCC[C@H](CO)O2)O1. The second kappa shape index (κ2) is 6.89. The summed E-state index contributed by atoms with van der Waals surface area (Å²) in [5.74, 6) is -0.467. The molecule has 22 heavy (non-hydrogen) atoms. The van der Waals surface area contributed by atoms with Crippen molar-refractivity contribution in [3.63, 3.8) is 0 Å². The smallest absolute Gasteiger partial charge is 0.192 e. The highest BCUT2D eigenvalue weighted by Crippen LogP contribution is 2.40. The third kappa shape index (κ3) is 4.32. The fourth-order valence-corrected chi connectivity index (χ4v) is 4.11. The molecule has 2 fully saturated rings. The summed E-state index contributed by atoms with van der Waals surface area (Å²) in [6, 6.07) is 0. The topological polar surface area (TPSA) is 47.9 Å². The van der Waals surface area contributed by atoms with Crippen LogP contribution in [0.1, 0.15) is 59.3 Å². The number of aliphatic hydroxyl groups is 1. The minimum atomic E-state index is -1.73. The van der Waals surface area contributed by atoms with E-state index in [4.69, 9.17) is 13.9 Å². The van der Waals surface area contributed by atoms with E-state index < -0.39 is 14.1 Å². The van der Waals surface area contributed by atoms with Crippen molar-refractivity contribution in [2.75, 3.05) is 13.2 Å². The van der Waals surface area contributed by atoms with Crippen molar-refractivity contribution in [1.82, 2.24) is 0 Å². The zero-order valence-corrected chi connectivity index (χ0v) is 16.0. The lowest BCUT2D eigenvalue weighted by Crippen LogP contribution is -2.51. The number of ether oxygens (including phenoxy) is 2. The highest BCUT2D eigenvalue weighted by molar-refractivity contribution is 6.74. The fourth-order valence-electron chi connectivity index (χ4n) is 3.08. The Bertz CT molecular complexity index is 362. The first-order valence-corrected chi connectivity index (χ1v) is 11.7. The summed E-state index contributed by atoms with van der Waals surface area (Å²) in [5, 5.41) is 9.60. The van der Waals surface area contributed by atoms with Gasteiger partial charge >= 0.3 is 0 Å². The van der Waals surface area contributed by atoms with Gasteiger partial charge in [0.25, 0.3) is 0 Å². The number of aliphatic hydroxyl groups excluding tert-OH is 1. The molecule has 0 amide bonds. The molecule has 4 nitrogen and oxygen atoms in total. The van der Waals surface area contributed by atoms with Crippen molar-refractivity contribution in [2.45, 2.75) is 95.4 Å². The Hall–Kier alpha value is 0.0569. The summed E-state index contributed by atoms with van der Waals surface area (Å²) in [4.78, 5) is 0. The van der Waals surface area contributed by atoms with E-state index >= 15 is 0 Å². The molecule has 130 valence electrons. The van der Waals surface area contributed by atoms with Crippen LogP contribution in [0.3, 0.4) is 0 Å². The third-order valence-electron chi connectivity index (χ3n) is 5.57. The van der Waals surface area contributed by atoms with Gasteiger partial charge in [0.1, 0.15) is 0 Å². The Kier molecular flexibility index (Phi) is 5.76. The van der Waals surface area contributed by atoms with Crippen LogP contribution in [0.2, 0.25) is 18.1 Å². The first-order valence-electron chi connectivity index (χ1n) is 8.78. The zero-order valence-electron chi connectivity index (χ0n) is 15.0. The highest BCUT2D eigenvalue weighted by atomic mass is 28.4. The average Bonchev–Trinajstić information content (AvgIpc) is 2.44. The maximum Gasteiger partial charge on any atom is 0.192 e. The molecule has 5 heteroatoms. The summed E-state index contributed by atoms with van der Waals surface area (Å²) in [6.07, 6.45) is 6.12. The first kappa shape index (κ1) is 18.4. The zero-order chi connectivity index (χ0) is 16.4. The lowest BCUT2D eigenvalue weighted by Gasteiger charge is -2.46. The molecule has 2 aliphatic heterocycles. The van der Waals surface area contributed by atoms with Gasteiger partial charge in [0.15, 0.2) is 14.1 Å². The molecule has 3 atom stereocenters. The van der Waals surface area contributed by atoms with Gasteiger partial charge in [-0.1, -0.05) is 20.8 Å². The molecular formula is C17H34O4Si. The van der Waals surface area contributed by atoms with E-state index in [2.05, 4.69) is 33.9 Å². The van der Waals surface area contributed by atoms with Crippen LogP contribution in [-0.4, -0.2) is 44.6 Å². The van der Waals surface area contributed by atoms with Gasteiger partial charge in [-0.3, -0.25) is 0 Å². The normalized spacial score (nSPS) is 34.1. The van der Waals surface area contributed by atoms with Crippen LogP contribution in [-0.2, 0) is 13.9 Å². The van der Waals surface area contributed by atoms with Crippen LogP contribution in [0.5, 0.6) is 0 Å². The monoisotopic (exact) mass is 330 g/mol.